The van der Waals surface area contributed by atoms with E-state index >= 15 is 0 Å². The molecule has 0 spiro atoms. The molecule has 1 amide bonds. The second kappa shape index (κ2) is 8.78. The van der Waals surface area contributed by atoms with Gasteiger partial charge >= 0.3 is 11.9 Å². The summed E-state index contributed by atoms with van der Waals surface area (Å²) in [6.07, 6.45) is 1.52. The Bertz CT molecular complexity index is 1200. The van der Waals surface area contributed by atoms with Crippen molar-refractivity contribution in [1.29, 1.82) is 0 Å². The van der Waals surface area contributed by atoms with E-state index in [0.29, 0.717) is 5.82 Å². The zero-order valence-corrected chi connectivity index (χ0v) is 15.8. The van der Waals surface area contributed by atoms with E-state index in [1.54, 1.807) is 18.2 Å². The first-order valence-corrected chi connectivity index (χ1v) is 8.74. The summed E-state index contributed by atoms with van der Waals surface area (Å²) in [4.78, 5) is 53.2. The number of hydrogen-bond acceptors (Lipinski definition) is 7. The number of carboxylic acids is 2. The topological polar surface area (TPSA) is 185 Å². The van der Waals surface area contributed by atoms with E-state index in [0.717, 1.165) is 0 Å². The van der Waals surface area contributed by atoms with E-state index < -0.39 is 40.3 Å². The van der Waals surface area contributed by atoms with Crippen molar-refractivity contribution >= 4 is 29.5 Å². The lowest BCUT2D eigenvalue weighted by molar-refractivity contribution is -0.118. The highest BCUT2D eigenvalue weighted by atomic mass is 16.5. The van der Waals surface area contributed by atoms with E-state index in [9.17, 15) is 29.4 Å². The van der Waals surface area contributed by atoms with Gasteiger partial charge in [0.15, 0.2) is 6.61 Å². The van der Waals surface area contributed by atoms with Gasteiger partial charge in [-0.2, -0.15) is 0 Å². The van der Waals surface area contributed by atoms with Gasteiger partial charge in [0, 0.05) is 11.8 Å². The second-order valence-corrected chi connectivity index (χ2v) is 6.18. The van der Waals surface area contributed by atoms with Crippen LogP contribution in [0, 0.1) is 0 Å². The summed E-state index contributed by atoms with van der Waals surface area (Å²) in [7, 11) is 0. The predicted molar refractivity (Wildman–Crippen MR) is 109 cm³/mol. The van der Waals surface area contributed by atoms with Crippen LogP contribution in [0.15, 0.2) is 53.5 Å². The number of benzene rings is 1. The Balaban J connectivity index is 1.85. The van der Waals surface area contributed by atoms with Crippen molar-refractivity contribution < 1.29 is 29.3 Å². The van der Waals surface area contributed by atoms with Crippen molar-refractivity contribution in [2.75, 3.05) is 17.7 Å². The summed E-state index contributed by atoms with van der Waals surface area (Å²) in [6.45, 7) is -0.325. The van der Waals surface area contributed by atoms with E-state index in [1.807, 2.05) is 4.98 Å². The van der Waals surface area contributed by atoms with Crippen LogP contribution in [0.25, 0.3) is 11.1 Å². The highest BCUT2D eigenvalue weighted by Crippen LogP contribution is 2.30. The number of nitrogen functional groups attached to an aromatic ring is 1. The average molecular weight is 424 g/mol. The van der Waals surface area contributed by atoms with Crippen LogP contribution in [0.1, 0.15) is 20.7 Å². The van der Waals surface area contributed by atoms with Crippen LogP contribution >= 0.6 is 0 Å². The van der Waals surface area contributed by atoms with Crippen LogP contribution < -0.4 is 21.3 Å². The van der Waals surface area contributed by atoms with Crippen LogP contribution in [0.4, 0.5) is 11.6 Å². The SMILES string of the molecule is Nc1[nH]c(=O)c(C(=O)O)c(-c2ccc(OCC(=O)Nc3ccccn3)cc2)c1C(=O)O. The van der Waals surface area contributed by atoms with Gasteiger partial charge in [-0.25, -0.2) is 14.6 Å². The summed E-state index contributed by atoms with van der Waals surface area (Å²) in [6, 6.07) is 10.5. The molecule has 3 aromatic rings. The number of carboxylic acid groups (broad SMARTS) is 2. The highest BCUT2D eigenvalue weighted by molar-refractivity contribution is 6.07. The molecular weight excluding hydrogens is 408 g/mol. The number of pyridine rings is 2. The van der Waals surface area contributed by atoms with Gasteiger partial charge in [0.05, 0.1) is 0 Å². The van der Waals surface area contributed by atoms with E-state index in [4.69, 9.17) is 10.5 Å². The maximum absolute atomic E-state index is 12.1. The smallest absolute Gasteiger partial charge is 0.342 e. The zero-order valence-electron chi connectivity index (χ0n) is 15.8. The Labute approximate surface area is 174 Å². The van der Waals surface area contributed by atoms with Gasteiger partial charge in [0.1, 0.15) is 28.5 Å². The molecule has 3 rings (SSSR count). The Morgan fingerprint density at radius 1 is 1.03 bits per heavy atom. The van der Waals surface area contributed by atoms with Crippen LogP contribution in [0.3, 0.4) is 0 Å². The molecule has 0 saturated heterocycles. The highest BCUT2D eigenvalue weighted by Gasteiger charge is 2.26. The molecule has 0 bridgehead atoms. The third-order valence-electron chi connectivity index (χ3n) is 4.12. The Morgan fingerprint density at radius 3 is 2.29 bits per heavy atom. The molecule has 0 aliphatic carbocycles. The molecular formula is C20H16N4O7. The molecule has 6 N–H and O–H groups in total. The van der Waals surface area contributed by atoms with Crippen LogP contribution in [0.2, 0.25) is 0 Å². The molecule has 2 heterocycles. The molecule has 11 heteroatoms. The van der Waals surface area contributed by atoms with Crippen molar-refractivity contribution in [3.8, 4) is 16.9 Å². The van der Waals surface area contributed by atoms with Crippen molar-refractivity contribution in [2.45, 2.75) is 0 Å². The molecule has 0 atom stereocenters. The van der Waals surface area contributed by atoms with Crippen molar-refractivity contribution in [3.63, 3.8) is 0 Å². The predicted octanol–water partition coefficient (Wildman–Crippen LogP) is 1.43. The number of ether oxygens (including phenoxy) is 1. The third-order valence-corrected chi connectivity index (χ3v) is 4.12. The van der Waals surface area contributed by atoms with E-state index in [1.165, 1.54) is 30.5 Å². The number of aromatic amines is 1. The Morgan fingerprint density at radius 2 is 1.71 bits per heavy atom. The fraction of sp³-hybridized carbons (Fsp3) is 0.0500. The number of carbonyl (C=O) groups is 3. The van der Waals surface area contributed by atoms with Crippen LogP contribution in [0.5, 0.6) is 5.75 Å². The standard InChI is InChI=1S/C20H16N4O7/c21-17-15(19(27)28)14(16(20(29)30)18(26)24-17)10-4-6-11(7-5-10)31-9-13(25)23-12-3-1-2-8-22-12/h1-8H,9H2,(H,27,28)(H,29,30)(H3,21,24,26)(H,22,23,25). The number of hydrogen-bond donors (Lipinski definition) is 5. The number of rotatable bonds is 7. The van der Waals surface area contributed by atoms with Crippen molar-refractivity contribution in [2.24, 2.45) is 0 Å². The van der Waals surface area contributed by atoms with E-state index in [2.05, 4.69) is 10.3 Å². The van der Waals surface area contributed by atoms with Crippen LogP contribution in [-0.2, 0) is 4.79 Å². The van der Waals surface area contributed by atoms with Gasteiger partial charge in [0.2, 0.25) is 0 Å². The summed E-state index contributed by atoms with van der Waals surface area (Å²) in [5.74, 6) is -3.41. The molecule has 0 radical (unpaired) electrons. The Hall–Kier alpha value is -4.67. The summed E-state index contributed by atoms with van der Waals surface area (Å²) in [5, 5.41) is 21.4. The quantitative estimate of drug-likeness (QED) is 0.374. The largest absolute Gasteiger partial charge is 0.484 e. The lowest BCUT2D eigenvalue weighted by atomic mass is 9.95. The molecule has 31 heavy (non-hydrogen) atoms. The number of nitrogens with two attached hydrogens (primary N) is 1. The fourth-order valence-electron chi connectivity index (χ4n) is 2.82. The molecule has 2 aromatic heterocycles. The molecule has 0 unspecified atom stereocenters. The maximum Gasteiger partial charge on any atom is 0.342 e. The fourth-order valence-corrected chi connectivity index (χ4v) is 2.82. The van der Waals surface area contributed by atoms with Crippen LogP contribution in [-0.4, -0.2) is 44.6 Å². The minimum atomic E-state index is -1.61. The molecule has 11 nitrogen and oxygen atoms in total. The van der Waals surface area contributed by atoms with Crippen molar-refractivity contribution in [1.82, 2.24) is 9.97 Å². The normalized spacial score (nSPS) is 10.3. The van der Waals surface area contributed by atoms with Gasteiger partial charge < -0.3 is 31.0 Å². The second-order valence-electron chi connectivity index (χ2n) is 6.18. The number of anilines is 2. The van der Waals surface area contributed by atoms with Crippen molar-refractivity contribution in [3.05, 3.63) is 70.1 Å². The van der Waals surface area contributed by atoms with E-state index in [-0.39, 0.29) is 23.5 Å². The number of nitrogens with zero attached hydrogens (tertiary/aromatic N) is 1. The lowest BCUT2D eigenvalue weighted by Gasteiger charge is -2.13. The first-order chi connectivity index (χ1) is 14.8. The van der Waals surface area contributed by atoms with Gasteiger partial charge in [-0.05, 0) is 29.8 Å². The van der Waals surface area contributed by atoms with Gasteiger partial charge in [-0.3, -0.25) is 9.59 Å². The minimum absolute atomic E-state index is 0.123. The molecule has 0 aliphatic rings. The number of amides is 1. The minimum Gasteiger partial charge on any atom is -0.484 e. The number of nitrogens with one attached hydrogen (secondary N) is 2. The maximum atomic E-state index is 12.1. The zero-order chi connectivity index (χ0) is 22.5. The lowest BCUT2D eigenvalue weighted by Crippen LogP contribution is -2.24. The monoisotopic (exact) mass is 424 g/mol. The first kappa shape index (κ1) is 21.0. The molecule has 0 fully saturated rings. The number of H-pyrrole nitrogens is 1. The van der Waals surface area contributed by atoms with Gasteiger partial charge in [-0.15, -0.1) is 0 Å². The number of aromatic carboxylic acids is 2. The first-order valence-electron chi connectivity index (χ1n) is 8.74. The molecule has 158 valence electrons. The number of carbonyl (C=O) groups excluding carboxylic acids is 1. The summed E-state index contributed by atoms with van der Waals surface area (Å²) in [5.41, 5.74) is 3.06. The Kier molecular flexibility index (Phi) is 5.96. The van der Waals surface area contributed by atoms with Gasteiger partial charge in [0.25, 0.3) is 11.5 Å². The molecule has 1 aromatic carbocycles. The molecule has 0 saturated carbocycles. The number of aromatic nitrogens is 2. The average Bonchev–Trinajstić information content (AvgIpc) is 2.72. The molecule has 0 aliphatic heterocycles. The summed E-state index contributed by atoms with van der Waals surface area (Å²) < 4.78 is 5.37. The summed E-state index contributed by atoms with van der Waals surface area (Å²) >= 11 is 0. The van der Waals surface area contributed by atoms with Gasteiger partial charge in [-0.1, -0.05) is 18.2 Å². The third kappa shape index (κ3) is 4.67.